The second kappa shape index (κ2) is 9.48. The van der Waals surface area contributed by atoms with E-state index in [1.165, 1.54) is 44.4 Å². The van der Waals surface area contributed by atoms with Crippen LogP contribution in [0, 0.1) is 5.82 Å². The van der Waals surface area contributed by atoms with Gasteiger partial charge in [0.2, 0.25) is 15.9 Å². The van der Waals surface area contributed by atoms with Crippen LogP contribution >= 0.6 is 0 Å². The summed E-state index contributed by atoms with van der Waals surface area (Å²) in [5.41, 5.74) is 0.675. The van der Waals surface area contributed by atoms with Crippen LogP contribution in [0.25, 0.3) is 0 Å². The van der Waals surface area contributed by atoms with E-state index in [2.05, 4.69) is 10.0 Å². The molecule has 0 aliphatic heterocycles. The van der Waals surface area contributed by atoms with E-state index in [-0.39, 0.29) is 12.4 Å². The number of hydrogen-bond acceptors (Lipinski definition) is 6. The summed E-state index contributed by atoms with van der Waals surface area (Å²) in [4.78, 5) is 23.5. The van der Waals surface area contributed by atoms with Crippen molar-refractivity contribution in [3.05, 3.63) is 53.8 Å². The van der Waals surface area contributed by atoms with E-state index >= 15 is 0 Å². The Morgan fingerprint density at radius 2 is 1.79 bits per heavy atom. The van der Waals surface area contributed by atoms with Crippen LogP contribution in [0.2, 0.25) is 0 Å². The monoisotopic (exact) mass is 424 g/mol. The number of carbonyl (C=O) groups excluding carboxylic acids is 2. The van der Waals surface area contributed by atoms with Gasteiger partial charge in [-0.05, 0) is 56.3 Å². The first-order valence-corrected chi connectivity index (χ1v) is 10.1. The molecule has 0 aliphatic rings. The maximum atomic E-state index is 13.5. The lowest BCUT2D eigenvalue weighted by Gasteiger charge is -2.16. The smallest absolute Gasteiger partial charge is 0.338 e. The Morgan fingerprint density at radius 1 is 1.14 bits per heavy atom. The Balaban J connectivity index is 2.09. The number of benzene rings is 2. The minimum atomic E-state index is -4.22. The van der Waals surface area contributed by atoms with Gasteiger partial charge in [0.15, 0.2) is 0 Å². The van der Waals surface area contributed by atoms with Crippen molar-refractivity contribution < 1.29 is 31.9 Å². The molecule has 0 radical (unpaired) electrons. The Bertz CT molecular complexity index is 992. The van der Waals surface area contributed by atoms with Gasteiger partial charge < -0.3 is 14.8 Å². The van der Waals surface area contributed by atoms with E-state index in [0.29, 0.717) is 11.3 Å². The first kappa shape index (κ1) is 22.3. The molecule has 10 heteroatoms. The van der Waals surface area contributed by atoms with Crippen molar-refractivity contribution in [1.29, 1.82) is 0 Å². The molecular weight excluding hydrogens is 403 g/mol. The predicted molar refractivity (Wildman–Crippen MR) is 104 cm³/mol. The summed E-state index contributed by atoms with van der Waals surface area (Å²) in [5, 5.41) is 2.53. The van der Waals surface area contributed by atoms with Crippen LogP contribution in [0.15, 0.2) is 47.4 Å². The standard InChI is InChI=1S/C19H21FN2O6S/c1-4-28-19(24)13-5-8-15(9-6-13)21-18(23)12(2)22-29(25,26)17-11-14(20)7-10-16(17)27-3/h5-12,22H,4H2,1-3H3,(H,21,23). The third-order valence-electron chi connectivity index (χ3n) is 3.80. The van der Waals surface area contributed by atoms with Crippen LogP contribution in [0.3, 0.4) is 0 Å². The normalized spacial score (nSPS) is 12.1. The number of sulfonamides is 1. The van der Waals surface area contributed by atoms with E-state index in [1.807, 2.05) is 0 Å². The summed E-state index contributed by atoms with van der Waals surface area (Å²) in [6.45, 7) is 3.27. The zero-order valence-electron chi connectivity index (χ0n) is 16.1. The van der Waals surface area contributed by atoms with Gasteiger partial charge in [0, 0.05) is 5.69 Å². The number of halogens is 1. The van der Waals surface area contributed by atoms with Gasteiger partial charge in [-0.2, -0.15) is 4.72 Å². The minimum Gasteiger partial charge on any atom is -0.495 e. The van der Waals surface area contributed by atoms with E-state index in [0.717, 1.165) is 12.1 Å². The Morgan fingerprint density at radius 3 is 2.38 bits per heavy atom. The lowest BCUT2D eigenvalue weighted by molar-refractivity contribution is -0.117. The third kappa shape index (κ3) is 5.75. The van der Waals surface area contributed by atoms with Gasteiger partial charge in [-0.15, -0.1) is 0 Å². The topological polar surface area (TPSA) is 111 Å². The van der Waals surface area contributed by atoms with Gasteiger partial charge in [0.1, 0.15) is 16.5 Å². The average Bonchev–Trinajstić information content (AvgIpc) is 2.68. The number of methoxy groups -OCH3 is 1. The van der Waals surface area contributed by atoms with Crippen molar-refractivity contribution >= 4 is 27.6 Å². The Labute approximate surface area is 168 Å². The molecule has 2 rings (SSSR count). The molecule has 2 aromatic carbocycles. The first-order chi connectivity index (χ1) is 13.7. The maximum Gasteiger partial charge on any atom is 0.338 e. The Kier molecular flexibility index (Phi) is 7.29. The fourth-order valence-corrected chi connectivity index (χ4v) is 3.75. The molecule has 8 nitrogen and oxygen atoms in total. The molecule has 156 valence electrons. The lowest BCUT2D eigenvalue weighted by Crippen LogP contribution is -2.41. The van der Waals surface area contributed by atoms with E-state index < -0.39 is 38.7 Å². The quantitative estimate of drug-likeness (QED) is 0.629. The number of amides is 1. The molecule has 0 saturated heterocycles. The van der Waals surface area contributed by atoms with Crippen molar-refractivity contribution in [3.63, 3.8) is 0 Å². The van der Waals surface area contributed by atoms with Crippen LogP contribution < -0.4 is 14.8 Å². The maximum absolute atomic E-state index is 13.5. The van der Waals surface area contributed by atoms with Crippen molar-refractivity contribution in [3.8, 4) is 5.75 Å². The van der Waals surface area contributed by atoms with Crippen LogP contribution in [0.5, 0.6) is 5.75 Å². The molecule has 2 aromatic rings. The first-order valence-electron chi connectivity index (χ1n) is 8.62. The van der Waals surface area contributed by atoms with E-state index in [9.17, 15) is 22.4 Å². The van der Waals surface area contributed by atoms with Crippen molar-refractivity contribution in [2.24, 2.45) is 0 Å². The van der Waals surface area contributed by atoms with E-state index in [4.69, 9.17) is 9.47 Å². The number of esters is 1. The molecule has 0 saturated carbocycles. The number of ether oxygens (including phenoxy) is 2. The largest absolute Gasteiger partial charge is 0.495 e. The molecule has 0 heterocycles. The van der Waals surface area contributed by atoms with Crippen LogP contribution in [-0.2, 0) is 19.6 Å². The van der Waals surface area contributed by atoms with Gasteiger partial charge in [0.25, 0.3) is 0 Å². The summed E-state index contributed by atoms with van der Waals surface area (Å²) >= 11 is 0. The number of anilines is 1. The molecule has 0 spiro atoms. The summed E-state index contributed by atoms with van der Waals surface area (Å²) in [6.07, 6.45) is 0. The third-order valence-corrected chi connectivity index (χ3v) is 5.37. The van der Waals surface area contributed by atoms with Gasteiger partial charge in [-0.1, -0.05) is 0 Å². The Hall–Kier alpha value is -2.98. The molecule has 1 atom stereocenters. The molecule has 0 aliphatic carbocycles. The fraction of sp³-hybridized carbons (Fsp3) is 0.263. The molecule has 0 bridgehead atoms. The fourth-order valence-electron chi connectivity index (χ4n) is 2.36. The van der Waals surface area contributed by atoms with Crippen LogP contribution in [0.1, 0.15) is 24.2 Å². The second-order valence-corrected chi connectivity index (χ2v) is 7.61. The molecule has 0 fully saturated rings. The lowest BCUT2D eigenvalue weighted by atomic mass is 10.2. The SMILES string of the molecule is CCOC(=O)c1ccc(NC(=O)C(C)NS(=O)(=O)c2cc(F)ccc2OC)cc1. The molecule has 2 N–H and O–H groups in total. The number of hydrogen-bond donors (Lipinski definition) is 2. The molecule has 1 amide bonds. The van der Waals surface area contributed by atoms with Gasteiger partial charge in [-0.3, -0.25) is 4.79 Å². The number of nitrogens with one attached hydrogen (secondary N) is 2. The van der Waals surface area contributed by atoms with E-state index in [1.54, 1.807) is 6.92 Å². The number of carbonyl (C=O) groups is 2. The second-order valence-electron chi connectivity index (χ2n) is 5.93. The highest BCUT2D eigenvalue weighted by Crippen LogP contribution is 2.24. The highest BCUT2D eigenvalue weighted by atomic mass is 32.2. The van der Waals surface area contributed by atoms with Gasteiger partial charge in [0.05, 0.1) is 25.3 Å². The molecule has 29 heavy (non-hydrogen) atoms. The highest BCUT2D eigenvalue weighted by molar-refractivity contribution is 7.89. The summed E-state index contributed by atoms with van der Waals surface area (Å²) in [6, 6.07) is 7.80. The summed E-state index contributed by atoms with van der Waals surface area (Å²) < 4.78 is 50.5. The average molecular weight is 424 g/mol. The molecular formula is C19H21FN2O6S. The van der Waals surface area contributed by atoms with Gasteiger partial charge >= 0.3 is 5.97 Å². The number of rotatable bonds is 8. The summed E-state index contributed by atoms with van der Waals surface area (Å²) in [7, 11) is -2.97. The van der Waals surface area contributed by atoms with Crippen molar-refractivity contribution in [1.82, 2.24) is 4.72 Å². The predicted octanol–water partition coefficient (Wildman–Crippen LogP) is 2.32. The van der Waals surface area contributed by atoms with Crippen molar-refractivity contribution in [2.45, 2.75) is 24.8 Å². The van der Waals surface area contributed by atoms with Crippen LogP contribution in [0.4, 0.5) is 10.1 Å². The highest BCUT2D eigenvalue weighted by Gasteiger charge is 2.25. The summed E-state index contributed by atoms with van der Waals surface area (Å²) in [5.74, 6) is -1.95. The zero-order valence-corrected chi connectivity index (χ0v) is 16.9. The van der Waals surface area contributed by atoms with Gasteiger partial charge in [-0.25, -0.2) is 17.6 Å². The minimum absolute atomic E-state index is 0.0546. The van der Waals surface area contributed by atoms with Crippen LogP contribution in [-0.4, -0.2) is 40.1 Å². The molecule has 1 unspecified atom stereocenters. The zero-order chi connectivity index (χ0) is 21.6. The molecule has 0 aromatic heterocycles. The van der Waals surface area contributed by atoms with Crippen molar-refractivity contribution in [2.75, 3.05) is 19.0 Å².